The van der Waals surface area contributed by atoms with Gasteiger partial charge in [0.25, 0.3) is 0 Å². The predicted molar refractivity (Wildman–Crippen MR) is 141 cm³/mol. The number of nitrogens with one attached hydrogen (secondary N) is 1. The van der Waals surface area contributed by atoms with E-state index in [0.29, 0.717) is 37.1 Å². The van der Waals surface area contributed by atoms with Crippen molar-refractivity contribution < 1.29 is 12.8 Å². The van der Waals surface area contributed by atoms with Gasteiger partial charge in [0.1, 0.15) is 27.8 Å². The van der Waals surface area contributed by atoms with E-state index >= 15 is 0 Å². The molecule has 0 bridgehead atoms. The molecule has 0 amide bonds. The molecule has 1 N–H and O–H groups in total. The number of thiazole rings is 1. The number of halogens is 1. The van der Waals surface area contributed by atoms with Gasteiger partial charge in [0.15, 0.2) is 5.13 Å². The number of pyridine rings is 2. The molecular formula is C24H26FN7O2S2. The van der Waals surface area contributed by atoms with E-state index in [4.69, 9.17) is 4.98 Å². The summed E-state index contributed by atoms with van der Waals surface area (Å²) in [6.45, 7) is 3.15. The van der Waals surface area contributed by atoms with E-state index < -0.39 is 10.0 Å². The van der Waals surface area contributed by atoms with E-state index in [1.807, 2.05) is 42.4 Å². The van der Waals surface area contributed by atoms with Gasteiger partial charge in [-0.2, -0.15) is 4.31 Å². The van der Waals surface area contributed by atoms with Crippen LogP contribution in [0.4, 0.5) is 26.8 Å². The third kappa shape index (κ3) is 5.62. The van der Waals surface area contributed by atoms with Gasteiger partial charge in [-0.15, -0.1) is 0 Å². The fourth-order valence-electron chi connectivity index (χ4n) is 4.02. The topological polar surface area (TPSA) is 94.6 Å². The predicted octanol–water partition coefficient (Wildman–Crippen LogP) is 3.81. The number of benzene rings is 1. The zero-order valence-electron chi connectivity index (χ0n) is 19.9. The second-order valence-electron chi connectivity index (χ2n) is 8.66. The minimum Gasteiger partial charge on any atom is -0.329 e. The maximum Gasteiger partial charge on any atom is 0.211 e. The standard InChI is InChI=1S/C24H26FN7O2S2/c1-30(19-6-4-18(25)5-7-19)22-10-8-20-23(29-22)35-24(27-20)28-21-9-3-17(15-26-21)16-31-11-13-32(14-12-31)36(2,33)34/h3-10,15H,11-14,16H2,1-2H3,(H,26,27,28). The van der Waals surface area contributed by atoms with Crippen LogP contribution in [0.25, 0.3) is 10.3 Å². The van der Waals surface area contributed by atoms with Crippen molar-refractivity contribution in [1.29, 1.82) is 0 Å². The van der Waals surface area contributed by atoms with Crippen LogP contribution in [-0.2, 0) is 16.6 Å². The van der Waals surface area contributed by atoms with Gasteiger partial charge < -0.3 is 10.2 Å². The summed E-state index contributed by atoms with van der Waals surface area (Å²) < 4.78 is 38.1. The molecule has 1 aliphatic rings. The van der Waals surface area contributed by atoms with Gasteiger partial charge in [0, 0.05) is 51.7 Å². The van der Waals surface area contributed by atoms with Gasteiger partial charge in [-0.25, -0.2) is 27.8 Å². The van der Waals surface area contributed by atoms with Gasteiger partial charge in [-0.1, -0.05) is 17.4 Å². The normalized spacial score (nSPS) is 15.3. The lowest BCUT2D eigenvalue weighted by Gasteiger charge is -2.33. The number of nitrogens with zero attached hydrogens (tertiary/aromatic N) is 6. The second kappa shape index (κ2) is 10.1. The molecule has 1 aliphatic heterocycles. The molecule has 3 aromatic heterocycles. The molecule has 1 fully saturated rings. The molecular weight excluding hydrogens is 501 g/mol. The Kier molecular flexibility index (Phi) is 6.84. The molecule has 0 aliphatic carbocycles. The smallest absolute Gasteiger partial charge is 0.211 e. The highest BCUT2D eigenvalue weighted by Crippen LogP contribution is 2.30. The van der Waals surface area contributed by atoms with E-state index in [2.05, 4.69) is 20.2 Å². The number of sulfonamides is 1. The van der Waals surface area contributed by atoms with Crippen molar-refractivity contribution in [1.82, 2.24) is 24.2 Å². The van der Waals surface area contributed by atoms with E-state index in [0.717, 1.165) is 34.0 Å². The van der Waals surface area contributed by atoms with Crippen LogP contribution < -0.4 is 10.2 Å². The van der Waals surface area contributed by atoms with Gasteiger partial charge in [-0.3, -0.25) is 4.90 Å². The Bertz CT molecular complexity index is 1450. The molecule has 0 unspecified atom stereocenters. The Balaban J connectivity index is 1.22. The quantitative estimate of drug-likeness (QED) is 0.388. The summed E-state index contributed by atoms with van der Waals surface area (Å²) in [5, 5.41) is 3.94. The largest absolute Gasteiger partial charge is 0.329 e. The molecule has 188 valence electrons. The molecule has 0 radical (unpaired) electrons. The number of rotatable bonds is 7. The SMILES string of the molecule is CN(c1ccc(F)cc1)c1ccc2nc(Nc3ccc(CN4CCN(S(C)(=O)=O)CC4)cn3)sc2n1. The van der Waals surface area contributed by atoms with Crippen LogP contribution in [-0.4, -0.2) is 72.1 Å². The highest BCUT2D eigenvalue weighted by molar-refractivity contribution is 7.88. The maximum atomic E-state index is 13.2. The molecule has 1 saturated heterocycles. The summed E-state index contributed by atoms with van der Waals surface area (Å²) in [5.41, 5.74) is 2.68. The summed E-state index contributed by atoms with van der Waals surface area (Å²) in [6, 6.07) is 14.0. The van der Waals surface area contributed by atoms with Crippen LogP contribution in [0, 0.1) is 5.82 Å². The fraction of sp³-hybridized carbons (Fsp3) is 0.292. The lowest BCUT2D eigenvalue weighted by atomic mass is 10.2. The molecule has 0 atom stereocenters. The highest BCUT2D eigenvalue weighted by atomic mass is 32.2. The van der Waals surface area contributed by atoms with Crippen molar-refractivity contribution in [3.63, 3.8) is 0 Å². The highest BCUT2D eigenvalue weighted by Gasteiger charge is 2.23. The number of fused-ring (bicyclic) bond motifs is 1. The van der Waals surface area contributed by atoms with E-state index in [-0.39, 0.29) is 5.82 Å². The molecule has 1 aromatic carbocycles. The van der Waals surface area contributed by atoms with Crippen molar-refractivity contribution in [2.24, 2.45) is 0 Å². The Hall–Kier alpha value is -3.19. The average Bonchev–Trinajstić information content (AvgIpc) is 3.26. The lowest BCUT2D eigenvalue weighted by Crippen LogP contribution is -2.47. The number of piperazine rings is 1. The number of aromatic nitrogens is 3. The molecule has 36 heavy (non-hydrogen) atoms. The van der Waals surface area contributed by atoms with Crippen LogP contribution in [0.2, 0.25) is 0 Å². The van der Waals surface area contributed by atoms with Crippen molar-refractivity contribution in [3.8, 4) is 0 Å². The van der Waals surface area contributed by atoms with Gasteiger partial charge in [0.05, 0.1) is 6.26 Å². The van der Waals surface area contributed by atoms with Crippen LogP contribution in [0.3, 0.4) is 0 Å². The first kappa shape index (κ1) is 24.5. The minimum atomic E-state index is -3.13. The third-order valence-electron chi connectivity index (χ3n) is 6.06. The third-order valence-corrected chi connectivity index (χ3v) is 8.25. The van der Waals surface area contributed by atoms with E-state index in [9.17, 15) is 12.8 Å². The van der Waals surface area contributed by atoms with E-state index in [1.165, 1.54) is 34.0 Å². The molecule has 9 nitrogen and oxygen atoms in total. The minimum absolute atomic E-state index is 0.275. The fourth-order valence-corrected chi connectivity index (χ4v) is 5.69. The number of anilines is 4. The van der Waals surface area contributed by atoms with Crippen LogP contribution >= 0.6 is 11.3 Å². The van der Waals surface area contributed by atoms with Crippen molar-refractivity contribution in [3.05, 3.63) is 66.1 Å². The molecule has 4 heterocycles. The summed E-state index contributed by atoms with van der Waals surface area (Å²) in [5.74, 6) is 1.15. The molecule has 4 aromatic rings. The number of hydrogen-bond acceptors (Lipinski definition) is 9. The average molecular weight is 528 g/mol. The van der Waals surface area contributed by atoms with Gasteiger partial charge in [-0.05, 0) is 48.0 Å². The maximum absolute atomic E-state index is 13.2. The monoisotopic (exact) mass is 527 g/mol. The van der Waals surface area contributed by atoms with Crippen LogP contribution in [0.1, 0.15) is 5.56 Å². The Labute approximate surface area is 213 Å². The van der Waals surface area contributed by atoms with Crippen LogP contribution in [0.5, 0.6) is 0 Å². The van der Waals surface area contributed by atoms with Crippen molar-refractivity contribution in [2.45, 2.75) is 6.54 Å². The zero-order chi connectivity index (χ0) is 25.3. The Morgan fingerprint density at radius 2 is 1.78 bits per heavy atom. The molecule has 0 spiro atoms. The molecule has 5 rings (SSSR count). The molecule has 12 heteroatoms. The zero-order valence-corrected chi connectivity index (χ0v) is 21.6. The second-order valence-corrected chi connectivity index (χ2v) is 11.6. The Morgan fingerprint density at radius 3 is 2.44 bits per heavy atom. The summed E-state index contributed by atoms with van der Waals surface area (Å²) >= 11 is 1.43. The van der Waals surface area contributed by atoms with E-state index in [1.54, 1.807) is 12.1 Å². The summed E-state index contributed by atoms with van der Waals surface area (Å²) in [4.78, 5) is 18.8. The van der Waals surface area contributed by atoms with Gasteiger partial charge >= 0.3 is 0 Å². The molecule has 0 saturated carbocycles. The number of hydrogen-bond donors (Lipinski definition) is 1. The summed E-state index contributed by atoms with van der Waals surface area (Å²) in [6.07, 6.45) is 3.08. The summed E-state index contributed by atoms with van der Waals surface area (Å²) in [7, 11) is -1.24. The first-order valence-corrected chi connectivity index (χ1v) is 14.1. The Morgan fingerprint density at radius 1 is 1.03 bits per heavy atom. The van der Waals surface area contributed by atoms with Crippen molar-refractivity contribution >= 4 is 54.2 Å². The lowest BCUT2D eigenvalue weighted by molar-refractivity contribution is 0.182. The van der Waals surface area contributed by atoms with Crippen molar-refractivity contribution in [2.75, 3.05) is 49.7 Å². The van der Waals surface area contributed by atoms with Gasteiger partial charge in [0.2, 0.25) is 10.0 Å². The van der Waals surface area contributed by atoms with Crippen LogP contribution in [0.15, 0.2) is 54.7 Å². The first-order chi connectivity index (χ1) is 17.2. The first-order valence-electron chi connectivity index (χ1n) is 11.4.